The number of carbonyl (C=O) groups excluding carboxylic acids is 2. The zero-order chi connectivity index (χ0) is 21.3. The fourth-order valence-electron chi connectivity index (χ4n) is 3.57. The number of nitrogens with zero attached hydrogens (tertiary/aromatic N) is 1. The molecule has 3 aromatic rings. The molecule has 30 heavy (non-hydrogen) atoms. The van der Waals surface area contributed by atoms with Crippen molar-refractivity contribution in [3.63, 3.8) is 0 Å². The molecule has 3 aromatic carbocycles. The number of nitrogens with one attached hydrogen (secondary N) is 1. The van der Waals surface area contributed by atoms with Gasteiger partial charge < -0.3 is 15.0 Å². The number of hydrogen-bond donors (Lipinski definition) is 1. The molecule has 152 valence electrons. The highest BCUT2D eigenvalue weighted by molar-refractivity contribution is 6.30. The number of rotatable bonds is 3. The number of benzene rings is 3. The maximum absolute atomic E-state index is 13.6. The summed E-state index contributed by atoms with van der Waals surface area (Å²) in [5.74, 6) is -0.437. The third-order valence-electron chi connectivity index (χ3n) is 4.99. The van der Waals surface area contributed by atoms with Gasteiger partial charge in [0.2, 0.25) is 5.91 Å². The molecule has 1 heterocycles. The Morgan fingerprint density at radius 2 is 1.80 bits per heavy atom. The quantitative estimate of drug-likeness (QED) is 0.664. The minimum Gasteiger partial charge on any atom is -0.497 e. The number of hydrogen-bond acceptors (Lipinski definition) is 3. The molecule has 1 unspecified atom stereocenters. The van der Waals surface area contributed by atoms with Gasteiger partial charge in [0.25, 0.3) is 5.91 Å². The molecule has 0 bridgehead atoms. The second-order valence-electron chi connectivity index (χ2n) is 6.90. The Bertz CT molecular complexity index is 1100. The van der Waals surface area contributed by atoms with Crippen molar-refractivity contribution in [3.05, 3.63) is 94.3 Å². The number of ether oxygens (including phenoxy) is 1. The summed E-state index contributed by atoms with van der Waals surface area (Å²) in [5, 5.41) is 3.30. The highest BCUT2D eigenvalue weighted by Crippen LogP contribution is 2.38. The van der Waals surface area contributed by atoms with E-state index in [1.54, 1.807) is 61.7 Å². The van der Waals surface area contributed by atoms with E-state index in [0.717, 1.165) is 0 Å². The van der Waals surface area contributed by atoms with Gasteiger partial charge in [-0.2, -0.15) is 0 Å². The maximum atomic E-state index is 13.6. The van der Waals surface area contributed by atoms with Crippen molar-refractivity contribution >= 4 is 29.1 Å². The van der Waals surface area contributed by atoms with Gasteiger partial charge in [0.15, 0.2) is 0 Å². The zero-order valence-corrected chi connectivity index (χ0v) is 16.8. The molecule has 0 fully saturated rings. The van der Waals surface area contributed by atoms with Crippen LogP contribution in [0.3, 0.4) is 0 Å². The third kappa shape index (κ3) is 3.86. The van der Waals surface area contributed by atoms with Crippen LogP contribution in [0.4, 0.5) is 10.1 Å². The second kappa shape index (κ2) is 8.16. The molecule has 0 radical (unpaired) electrons. The van der Waals surface area contributed by atoms with Crippen LogP contribution in [0.15, 0.2) is 66.7 Å². The Balaban J connectivity index is 1.85. The van der Waals surface area contributed by atoms with Gasteiger partial charge in [-0.3, -0.25) is 9.59 Å². The summed E-state index contributed by atoms with van der Waals surface area (Å²) in [4.78, 5) is 27.5. The van der Waals surface area contributed by atoms with Gasteiger partial charge in [0.05, 0.1) is 13.2 Å². The van der Waals surface area contributed by atoms with Crippen LogP contribution in [0.1, 0.15) is 27.5 Å². The van der Waals surface area contributed by atoms with Gasteiger partial charge in [-0.25, -0.2) is 4.39 Å². The monoisotopic (exact) mass is 424 g/mol. The zero-order valence-electron chi connectivity index (χ0n) is 16.1. The molecule has 1 N–H and O–H groups in total. The smallest absolute Gasteiger partial charge is 0.255 e. The Labute approximate surface area is 178 Å². The van der Waals surface area contributed by atoms with Gasteiger partial charge in [-0.05, 0) is 60.2 Å². The predicted octanol–water partition coefficient (Wildman–Crippen LogP) is 4.67. The van der Waals surface area contributed by atoms with Crippen molar-refractivity contribution in [1.82, 2.24) is 4.90 Å². The molecule has 4 rings (SSSR count). The average Bonchev–Trinajstić information content (AvgIpc) is 2.89. The van der Waals surface area contributed by atoms with E-state index in [2.05, 4.69) is 5.32 Å². The molecule has 1 aliphatic rings. The van der Waals surface area contributed by atoms with Crippen LogP contribution in [0.5, 0.6) is 5.75 Å². The first kappa shape index (κ1) is 19.9. The first-order valence-electron chi connectivity index (χ1n) is 9.26. The lowest BCUT2D eigenvalue weighted by Gasteiger charge is -2.30. The van der Waals surface area contributed by atoms with Crippen LogP contribution in [-0.4, -0.2) is 30.4 Å². The third-order valence-corrected chi connectivity index (χ3v) is 5.23. The lowest BCUT2D eigenvalue weighted by Crippen LogP contribution is -2.39. The van der Waals surface area contributed by atoms with E-state index in [-0.39, 0.29) is 24.2 Å². The SMILES string of the molecule is COc1ccc(C(=O)N2CC(=O)Nc3ccc(Cl)cc3C2c2ccc(F)cc2)cc1. The van der Waals surface area contributed by atoms with Crippen molar-refractivity contribution < 1.29 is 18.7 Å². The van der Waals surface area contributed by atoms with E-state index in [9.17, 15) is 14.0 Å². The Hall–Kier alpha value is -3.38. The van der Waals surface area contributed by atoms with Crippen LogP contribution in [0, 0.1) is 5.82 Å². The summed E-state index contributed by atoms with van der Waals surface area (Å²) in [7, 11) is 1.54. The summed E-state index contributed by atoms with van der Waals surface area (Å²) in [6.45, 7) is -0.167. The number of amides is 2. The number of methoxy groups -OCH3 is 1. The van der Waals surface area contributed by atoms with E-state index in [0.29, 0.717) is 33.1 Å². The van der Waals surface area contributed by atoms with E-state index in [4.69, 9.17) is 16.3 Å². The van der Waals surface area contributed by atoms with Crippen LogP contribution >= 0.6 is 11.6 Å². The molecule has 0 saturated heterocycles. The van der Waals surface area contributed by atoms with Crippen LogP contribution < -0.4 is 10.1 Å². The van der Waals surface area contributed by atoms with E-state index in [1.165, 1.54) is 17.0 Å². The highest BCUT2D eigenvalue weighted by atomic mass is 35.5. The van der Waals surface area contributed by atoms with E-state index in [1.807, 2.05) is 0 Å². The molecule has 0 aliphatic carbocycles. The summed E-state index contributed by atoms with van der Waals surface area (Å²) in [6.07, 6.45) is 0. The molecule has 0 aromatic heterocycles. The van der Waals surface area contributed by atoms with Gasteiger partial charge in [-0.15, -0.1) is 0 Å². The first-order valence-corrected chi connectivity index (χ1v) is 9.64. The predicted molar refractivity (Wildman–Crippen MR) is 112 cm³/mol. The summed E-state index contributed by atoms with van der Waals surface area (Å²) in [5.41, 5.74) is 2.28. The molecule has 0 saturated carbocycles. The topological polar surface area (TPSA) is 58.6 Å². The number of carbonyl (C=O) groups is 2. The lowest BCUT2D eigenvalue weighted by atomic mass is 9.95. The number of anilines is 1. The fraction of sp³-hybridized carbons (Fsp3) is 0.130. The molecular formula is C23H18ClFN2O3. The Kier molecular flexibility index (Phi) is 5.42. The van der Waals surface area contributed by atoms with Crippen LogP contribution in [0.2, 0.25) is 5.02 Å². The van der Waals surface area contributed by atoms with Crippen LogP contribution in [0.25, 0.3) is 0 Å². The van der Waals surface area contributed by atoms with E-state index >= 15 is 0 Å². The van der Waals surface area contributed by atoms with Gasteiger partial charge in [-0.1, -0.05) is 23.7 Å². The molecular weight excluding hydrogens is 407 g/mol. The normalized spacial score (nSPS) is 15.8. The number of fused-ring (bicyclic) bond motifs is 1. The molecule has 1 aliphatic heterocycles. The molecule has 0 spiro atoms. The standard InChI is InChI=1S/C23H18ClFN2O3/c1-30-18-9-4-15(5-10-18)23(29)27-13-21(28)26-20-11-6-16(24)12-19(20)22(27)14-2-7-17(25)8-3-14/h2-12,22H,13H2,1H3,(H,26,28). The Morgan fingerprint density at radius 3 is 2.47 bits per heavy atom. The largest absolute Gasteiger partial charge is 0.497 e. The summed E-state index contributed by atoms with van der Waals surface area (Å²) in [6, 6.07) is 17.0. The molecule has 5 nitrogen and oxygen atoms in total. The highest BCUT2D eigenvalue weighted by Gasteiger charge is 2.34. The van der Waals surface area contributed by atoms with E-state index < -0.39 is 6.04 Å². The minimum atomic E-state index is -0.632. The minimum absolute atomic E-state index is 0.167. The fourth-order valence-corrected chi connectivity index (χ4v) is 3.75. The molecule has 1 atom stereocenters. The van der Waals surface area contributed by atoms with Crippen molar-refractivity contribution in [2.75, 3.05) is 19.0 Å². The van der Waals surface area contributed by atoms with Crippen molar-refractivity contribution in [3.8, 4) is 5.75 Å². The first-order chi connectivity index (χ1) is 14.5. The van der Waals surface area contributed by atoms with Gasteiger partial charge in [0, 0.05) is 21.8 Å². The van der Waals surface area contributed by atoms with Gasteiger partial charge >= 0.3 is 0 Å². The van der Waals surface area contributed by atoms with Crippen molar-refractivity contribution in [1.29, 1.82) is 0 Å². The molecule has 2 amide bonds. The van der Waals surface area contributed by atoms with Crippen molar-refractivity contribution in [2.45, 2.75) is 6.04 Å². The summed E-state index contributed by atoms with van der Waals surface area (Å²) >= 11 is 6.23. The Morgan fingerprint density at radius 1 is 1.10 bits per heavy atom. The lowest BCUT2D eigenvalue weighted by molar-refractivity contribution is -0.117. The van der Waals surface area contributed by atoms with Crippen LogP contribution in [-0.2, 0) is 4.79 Å². The second-order valence-corrected chi connectivity index (χ2v) is 7.33. The van der Waals surface area contributed by atoms with Gasteiger partial charge in [0.1, 0.15) is 18.1 Å². The molecule has 7 heteroatoms. The average molecular weight is 425 g/mol. The summed E-state index contributed by atoms with van der Waals surface area (Å²) < 4.78 is 18.7. The number of halogens is 2. The van der Waals surface area contributed by atoms with Crippen molar-refractivity contribution in [2.24, 2.45) is 0 Å². The maximum Gasteiger partial charge on any atom is 0.255 e.